The number of aliphatic hydroxyl groups excluding tert-OH is 1. The molecule has 1 unspecified atom stereocenters. The van der Waals surface area contributed by atoms with Crippen LogP contribution in [0.3, 0.4) is 0 Å². The Labute approximate surface area is 193 Å². The highest BCUT2D eigenvalue weighted by Gasteiger charge is 2.41. The Balaban J connectivity index is 1.50. The van der Waals surface area contributed by atoms with Crippen LogP contribution in [0.25, 0.3) is 17.3 Å². The SMILES string of the molecule is C=Cc1cnnc(-c2cc(C#N)c(N3CCN(C(=O)CCO)C(C4CC4)C3)nc2C2CC2)c1. The quantitative estimate of drug-likeness (QED) is 0.700. The second kappa shape index (κ2) is 8.91. The molecule has 1 saturated heterocycles. The molecule has 33 heavy (non-hydrogen) atoms. The molecule has 0 aromatic carbocycles. The number of amides is 1. The summed E-state index contributed by atoms with van der Waals surface area (Å²) in [6.07, 6.45) is 7.95. The van der Waals surface area contributed by atoms with Crippen LogP contribution in [0.1, 0.15) is 54.8 Å². The van der Waals surface area contributed by atoms with Crippen molar-refractivity contribution in [2.45, 2.75) is 44.1 Å². The van der Waals surface area contributed by atoms with Gasteiger partial charge in [0.05, 0.1) is 35.8 Å². The van der Waals surface area contributed by atoms with Crippen LogP contribution in [0.15, 0.2) is 24.9 Å². The predicted octanol–water partition coefficient (Wildman–Crippen LogP) is 2.74. The number of nitriles is 1. The number of rotatable bonds is 7. The van der Waals surface area contributed by atoms with Gasteiger partial charge in [-0.15, -0.1) is 0 Å². The molecule has 0 bridgehead atoms. The molecular weight excluding hydrogens is 416 g/mol. The monoisotopic (exact) mass is 444 g/mol. The maximum Gasteiger partial charge on any atom is 0.225 e. The molecule has 5 rings (SSSR count). The largest absolute Gasteiger partial charge is 0.396 e. The van der Waals surface area contributed by atoms with Crippen molar-refractivity contribution in [3.8, 4) is 17.3 Å². The summed E-state index contributed by atoms with van der Waals surface area (Å²) in [6.45, 7) is 5.56. The number of nitrogens with zero attached hydrogens (tertiary/aromatic N) is 6. The van der Waals surface area contributed by atoms with E-state index < -0.39 is 0 Å². The van der Waals surface area contributed by atoms with Gasteiger partial charge in [-0.1, -0.05) is 12.7 Å². The van der Waals surface area contributed by atoms with Crippen LogP contribution in [0.5, 0.6) is 0 Å². The van der Waals surface area contributed by atoms with E-state index in [-0.39, 0.29) is 25.0 Å². The average molecular weight is 445 g/mol. The molecule has 170 valence electrons. The van der Waals surface area contributed by atoms with Crippen LogP contribution in [0.2, 0.25) is 0 Å². The van der Waals surface area contributed by atoms with Crippen LogP contribution in [0, 0.1) is 17.2 Å². The van der Waals surface area contributed by atoms with Crippen LogP contribution < -0.4 is 4.90 Å². The topological polar surface area (TPSA) is 106 Å². The van der Waals surface area contributed by atoms with Crippen LogP contribution in [0.4, 0.5) is 5.82 Å². The number of hydrogen-bond donors (Lipinski definition) is 1. The van der Waals surface area contributed by atoms with Gasteiger partial charge in [-0.2, -0.15) is 15.5 Å². The van der Waals surface area contributed by atoms with Gasteiger partial charge in [0, 0.05) is 37.5 Å². The van der Waals surface area contributed by atoms with Crippen LogP contribution in [-0.4, -0.2) is 63.4 Å². The maximum absolute atomic E-state index is 12.6. The number of pyridine rings is 1. The highest BCUT2D eigenvalue weighted by molar-refractivity contribution is 5.77. The van der Waals surface area contributed by atoms with E-state index in [0.29, 0.717) is 48.5 Å². The Morgan fingerprint density at radius 3 is 2.76 bits per heavy atom. The molecule has 2 aromatic heterocycles. The lowest BCUT2D eigenvalue weighted by Gasteiger charge is -2.42. The summed E-state index contributed by atoms with van der Waals surface area (Å²) in [6, 6.07) is 6.28. The third-order valence-electron chi connectivity index (χ3n) is 6.83. The number of hydrogen-bond acceptors (Lipinski definition) is 7. The summed E-state index contributed by atoms with van der Waals surface area (Å²) in [5.41, 5.74) is 3.94. The first kappa shape index (κ1) is 21.5. The lowest BCUT2D eigenvalue weighted by atomic mass is 10.0. The van der Waals surface area contributed by atoms with Crippen molar-refractivity contribution in [3.05, 3.63) is 41.7 Å². The van der Waals surface area contributed by atoms with E-state index in [4.69, 9.17) is 4.98 Å². The summed E-state index contributed by atoms with van der Waals surface area (Å²) in [7, 11) is 0. The zero-order valence-electron chi connectivity index (χ0n) is 18.7. The molecule has 1 atom stereocenters. The number of piperazine rings is 1. The van der Waals surface area contributed by atoms with E-state index in [2.05, 4.69) is 27.7 Å². The van der Waals surface area contributed by atoms with E-state index >= 15 is 0 Å². The van der Waals surface area contributed by atoms with Gasteiger partial charge in [0.2, 0.25) is 5.91 Å². The molecule has 3 heterocycles. The average Bonchev–Trinajstić information content (AvgIpc) is 3.76. The molecule has 1 amide bonds. The third kappa shape index (κ3) is 4.33. The fourth-order valence-corrected chi connectivity index (χ4v) is 4.77. The van der Waals surface area contributed by atoms with Gasteiger partial charge < -0.3 is 14.9 Å². The smallest absolute Gasteiger partial charge is 0.225 e. The van der Waals surface area contributed by atoms with Gasteiger partial charge in [0.25, 0.3) is 0 Å². The van der Waals surface area contributed by atoms with E-state index in [9.17, 15) is 15.2 Å². The Morgan fingerprint density at radius 1 is 1.27 bits per heavy atom. The number of aromatic nitrogens is 3. The number of aliphatic hydroxyl groups is 1. The first-order valence-corrected chi connectivity index (χ1v) is 11.7. The summed E-state index contributed by atoms with van der Waals surface area (Å²) >= 11 is 0. The summed E-state index contributed by atoms with van der Waals surface area (Å²) in [5.74, 6) is 1.57. The Kier molecular flexibility index (Phi) is 5.81. The Bertz CT molecular complexity index is 1120. The fourth-order valence-electron chi connectivity index (χ4n) is 4.77. The van der Waals surface area contributed by atoms with Crippen molar-refractivity contribution < 1.29 is 9.90 Å². The highest BCUT2D eigenvalue weighted by atomic mass is 16.3. The molecule has 2 aliphatic carbocycles. The summed E-state index contributed by atoms with van der Waals surface area (Å²) in [4.78, 5) is 21.7. The number of carbonyl (C=O) groups excluding carboxylic acids is 1. The minimum Gasteiger partial charge on any atom is -0.396 e. The van der Waals surface area contributed by atoms with Gasteiger partial charge in [-0.25, -0.2) is 4.98 Å². The molecule has 8 heteroatoms. The normalized spacial score (nSPS) is 20.4. The van der Waals surface area contributed by atoms with Crippen molar-refractivity contribution in [1.82, 2.24) is 20.1 Å². The van der Waals surface area contributed by atoms with E-state index in [1.165, 1.54) is 0 Å². The zero-order valence-corrected chi connectivity index (χ0v) is 18.7. The van der Waals surface area contributed by atoms with Crippen LogP contribution in [-0.2, 0) is 4.79 Å². The molecule has 8 nitrogen and oxygen atoms in total. The third-order valence-corrected chi connectivity index (χ3v) is 6.83. The van der Waals surface area contributed by atoms with Crippen LogP contribution >= 0.6 is 0 Å². The lowest BCUT2D eigenvalue weighted by Crippen LogP contribution is -2.56. The van der Waals surface area contributed by atoms with Crippen molar-refractivity contribution in [2.75, 3.05) is 31.1 Å². The first-order chi connectivity index (χ1) is 16.1. The molecule has 3 aliphatic rings. The second-order valence-corrected chi connectivity index (χ2v) is 9.17. The Morgan fingerprint density at radius 2 is 2.09 bits per heavy atom. The molecule has 0 spiro atoms. The maximum atomic E-state index is 12.6. The first-order valence-electron chi connectivity index (χ1n) is 11.7. The Hall–Kier alpha value is -3.31. The zero-order chi connectivity index (χ0) is 22.9. The van der Waals surface area contributed by atoms with Crippen molar-refractivity contribution in [2.24, 2.45) is 5.92 Å². The highest BCUT2D eigenvalue weighted by Crippen LogP contribution is 2.45. The van der Waals surface area contributed by atoms with Gasteiger partial charge in [-0.05, 0) is 49.3 Å². The molecule has 2 aromatic rings. The lowest BCUT2D eigenvalue weighted by molar-refractivity contribution is -0.135. The van der Waals surface area contributed by atoms with Crippen molar-refractivity contribution in [1.29, 1.82) is 5.26 Å². The van der Waals surface area contributed by atoms with E-state index in [0.717, 1.165) is 42.5 Å². The molecule has 1 N–H and O–H groups in total. The van der Waals surface area contributed by atoms with Crippen molar-refractivity contribution >= 4 is 17.8 Å². The standard InChI is InChI=1S/C25H28N6O2/c1-2-16-11-21(29-27-14-16)20-12-19(13-26)25(28-24(20)18-5-6-18)30-8-9-31(23(33)7-10-32)22(15-30)17-3-4-17/h2,11-12,14,17-18,22,32H,1,3-10,15H2. The van der Waals surface area contributed by atoms with Gasteiger partial charge in [-0.3, -0.25) is 4.79 Å². The predicted molar refractivity (Wildman–Crippen MR) is 124 cm³/mol. The fraction of sp³-hybridized carbons (Fsp3) is 0.480. The summed E-state index contributed by atoms with van der Waals surface area (Å²) < 4.78 is 0. The minimum atomic E-state index is -0.126. The van der Waals surface area contributed by atoms with Gasteiger partial charge >= 0.3 is 0 Å². The van der Waals surface area contributed by atoms with Gasteiger partial charge in [0.15, 0.2) is 0 Å². The summed E-state index contributed by atoms with van der Waals surface area (Å²) in [5, 5.41) is 27.6. The number of anilines is 1. The van der Waals surface area contributed by atoms with Crippen molar-refractivity contribution in [3.63, 3.8) is 0 Å². The van der Waals surface area contributed by atoms with Gasteiger partial charge in [0.1, 0.15) is 11.9 Å². The molecular formula is C25H28N6O2. The molecule has 3 fully saturated rings. The van der Waals surface area contributed by atoms with E-state index in [1.54, 1.807) is 12.3 Å². The molecule has 1 aliphatic heterocycles. The second-order valence-electron chi connectivity index (χ2n) is 9.17. The molecule has 0 radical (unpaired) electrons. The van der Waals surface area contributed by atoms with E-state index in [1.807, 2.05) is 17.0 Å². The molecule has 2 saturated carbocycles. The minimum absolute atomic E-state index is 0.0113. The number of carbonyl (C=O) groups is 1.